The number of thioether (sulfide) groups is 1. The standard InChI is InChI=1S/C14H17N5OS3/c1-8(10-16-17-11(20-10)9-6-5-7-21-9)22-13-19-18-12(23-13)15-14(2,3)4/h5-8H,1-4H3,(H,15,18). The van der Waals surface area contributed by atoms with Gasteiger partial charge in [0.25, 0.3) is 5.89 Å². The number of nitrogens with one attached hydrogen (secondary N) is 1. The van der Waals surface area contributed by atoms with Gasteiger partial charge in [0, 0.05) is 5.54 Å². The van der Waals surface area contributed by atoms with Crippen LogP contribution in [0.4, 0.5) is 5.13 Å². The minimum Gasteiger partial charge on any atom is -0.419 e. The molecule has 0 radical (unpaired) electrons. The molecule has 0 saturated heterocycles. The van der Waals surface area contributed by atoms with Crippen molar-refractivity contribution in [3.05, 3.63) is 23.4 Å². The second-order valence-electron chi connectivity index (χ2n) is 5.93. The van der Waals surface area contributed by atoms with Crippen LogP contribution < -0.4 is 5.32 Å². The van der Waals surface area contributed by atoms with E-state index < -0.39 is 0 Å². The fourth-order valence-corrected chi connectivity index (χ4v) is 4.51. The van der Waals surface area contributed by atoms with Crippen molar-refractivity contribution >= 4 is 39.6 Å². The summed E-state index contributed by atoms with van der Waals surface area (Å²) >= 11 is 4.68. The van der Waals surface area contributed by atoms with Gasteiger partial charge in [-0.25, -0.2) is 0 Å². The molecule has 1 unspecified atom stereocenters. The highest BCUT2D eigenvalue weighted by Crippen LogP contribution is 2.38. The summed E-state index contributed by atoms with van der Waals surface area (Å²) in [7, 11) is 0. The average Bonchev–Trinajstić information content (AvgIpc) is 3.17. The Morgan fingerprint density at radius 2 is 2.04 bits per heavy atom. The summed E-state index contributed by atoms with van der Waals surface area (Å²) in [6.45, 7) is 8.30. The van der Waals surface area contributed by atoms with Crippen molar-refractivity contribution in [2.24, 2.45) is 0 Å². The van der Waals surface area contributed by atoms with E-state index in [0.29, 0.717) is 11.8 Å². The molecule has 9 heteroatoms. The number of nitrogens with zero attached hydrogens (tertiary/aromatic N) is 4. The van der Waals surface area contributed by atoms with Gasteiger partial charge in [-0.3, -0.25) is 0 Å². The van der Waals surface area contributed by atoms with Crippen molar-refractivity contribution in [3.8, 4) is 10.8 Å². The zero-order chi connectivity index (χ0) is 16.4. The number of hydrogen-bond acceptors (Lipinski definition) is 9. The largest absolute Gasteiger partial charge is 0.419 e. The molecule has 1 atom stereocenters. The normalized spacial score (nSPS) is 13.2. The van der Waals surface area contributed by atoms with Crippen LogP contribution in [-0.2, 0) is 0 Å². The Labute approximate surface area is 146 Å². The van der Waals surface area contributed by atoms with Crippen LogP contribution in [0.1, 0.15) is 38.8 Å². The number of aromatic nitrogens is 4. The Bertz CT molecular complexity index is 760. The third-order valence-electron chi connectivity index (χ3n) is 2.69. The summed E-state index contributed by atoms with van der Waals surface area (Å²) in [5, 5.41) is 22.8. The Hall–Kier alpha value is -1.45. The molecule has 122 valence electrons. The first-order valence-electron chi connectivity index (χ1n) is 7.06. The maximum absolute atomic E-state index is 5.76. The van der Waals surface area contributed by atoms with Crippen molar-refractivity contribution in [2.75, 3.05) is 5.32 Å². The van der Waals surface area contributed by atoms with E-state index in [9.17, 15) is 0 Å². The Morgan fingerprint density at radius 1 is 1.22 bits per heavy atom. The number of thiophene rings is 1. The van der Waals surface area contributed by atoms with Gasteiger partial charge in [0.15, 0.2) is 4.34 Å². The third kappa shape index (κ3) is 4.30. The lowest BCUT2D eigenvalue weighted by molar-refractivity contribution is 0.510. The Kier molecular flexibility index (Phi) is 4.69. The zero-order valence-corrected chi connectivity index (χ0v) is 15.7. The summed E-state index contributed by atoms with van der Waals surface area (Å²) in [5.74, 6) is 1.16. The Morgan fingerprint density at radius 3 is 2.74 bits per heavy atom. The van der Waals surface area contributed by atoms with Crippen molar-refractivity contribution in [2.45, 2.75) is 42.8 Å². The first-order chi connectivity index (χ1) is 10.9. The van der Waals surface area contributed by atoms with E-state index in [1.165, 1.54) is 11.3 Å². The average molecular weight is 368 g/mol. The van der Waals surface area contributed by atoms with Gasteiger partial charge in [-0.15, -0.1) is 31.7 Å². The monoisotopic (exact) mass is 367 g/mol. The molecule has 0 bridgehead atoms. The predicted octanol–water partition coefficient (Wildman–Crippen LogP) is 4.71. The molecule has 3 heterocycles. The van der Waals surface area contributed by atoms with Crippen molar-refractivity contribution < 1.29 is 4.42 Å². The smallest absolute Gasteiger partial charge is 0.257 e. The summed E-state index contributed by atoms with van der Waals surface area (Å²) in [6.07, 6.45) is 0. The van der Waals surface area contributed by atoms with Crippen molar-refractivity contribution in [1.82, 2.24) is 20.4 Å². The highest BCUT2D eigenvalue weighted by molar-refractivity contribution is 8.01. The van der Waals surface area contributed by atoms with Crippen LogP contribution in [0.5, 0.6) is 0 Å². The number of hydrogen-bond donors (Lipinski definition) is 1. The fourth-order valence-electron chi connectivity index (χ4n) is 1.73. The molecule has 23 heavy (non-hydrogen) atoms. The molecule has 0 amide bonds. The quantitative estimate of drug-likeness (QED) is 0.654. The first-order valence-corrected chi connectivity index (χ1v) is 9.64. The molecule has 3 rings (SSSR count). The minimum atomic E-state index is -0.0326. The van der Waals surface area contributed by atoms with Crippen LogP contribution >= 0.6 is 34.4 Å². The van der Waals surface area contributed by atoms with E-state index in [4.69, 9.17) is 4.42 Å². The van der Waals surface area contributed by atoms with Crippen molar-refractivity contribution in [3.63, 3.8) is 0 Å². The summed E-state index contributed by atoms with van der Waals surface area (Å²) in [6, 6.07) is 3.93. The molecule has 0 aliphatic carbocycles. The molecule has 0 fully saturated rings. The maximum Gasteiger partial charge on any atom is 0.257 e. The van der Waals surface area contributed by atoms with Gasteiger partial charge in [0.2, 0.25) is 11.0 Å². The van der Waals surface area contributed by atoms with E-state index in [0.717, 1.165) is 14.3 Å². The van der Waals surface area contributed by atoms with Crippen LogP contribution in [0.15, 0.2) is 26.3 Å². The molecule has 1 N–H and O–H groups in total. The van der Waals surface area contributed by atoms with Crippen LogP contribution in [0.25, 0.3) is 10.8 Å². The summed E-state index contributed by atoms with van der Waals surface area (Å²) < 4.78 is 6.63. The van der Waals surface area contributed by atoms with Crippen LogP contribution in [0.3, 0.4) is 0 Å². The highest BCUT2D eigenvalue weighted by Gasteiger charge is 2.19. The Balaban J connectivity index is 1.66. The SMILES string of the molecule is CC(Sc1nnc(NC(C)(C)C)s1)c1nnc(-c2cccs2)o1. The second kappa shape index (κ2) is 6.58. The van der Waals surface area contributed by atoms with Gasteiger partial charge in [0.05, 0.1) is 10.1 Å². The highest BCUT2D eigenvalue weighted by atomic mass is 32.2. The van der Waals surface area contributed by atoms with E-state index in [1.807, 2.05) is 24.4 Å². The van der Waals surface area contributed by atoms with E-state index in [1.54, 1.807) is 23.1 Å². The second-order valence-corrected chi connectivity index (χ2v) is 9.44. The van der Waals surface area contributed by atoms with Gasteiger partial charge in [-0.05, 0) is 39.1 Å². The first kappa shape index (κ1) is 16.4. The lowest BCUT2D eigenvalue weighted by atomic mass is 10.1. The summed E-state index contributed by atoms with van der Waals surface area (Å²) in [5.41, 5.74) is -0.0326. The number of anilines is 1. The molecular formula is C14H17N5OS3. The molecule has 6 nitrogen and oxygen atoms in total. The molecular weight excluding hydrogens is 350 g/mol. The van der Waals surface area contributed by atoms with Gasteiger partial charge in [-0.1, -0.05) is 29.2 Å². The van der Waals surface area contributed by atoms with E-state index in [2.05, 4.69) is 46.5 Å². The lowest BCUT2D eigenvalue weighted by Crippen LogP contribution is -2.25. The van der Waals surface area contributed by atoms with Gasteiger partial charge in [-0.2, -0.15) is 0 Å². The molecule has 0 aliphatic heterocycles. The summed E-state index contributed by atoms with van der Waals surface area (Å²) in [4.78, 5) is 0.980. The lowest BCUT2D eigenvalue weighted by Gasteiger charge is -2.18. The van der Waals surface area contributed by atoms with E-state index in [-0.39, 0.29) is 10.8 Å². The van der Waals surface area contributed by atoms with Crippen LogP contribution in [-0.4, -0.2) is 25.9 Å². The van der Waals surface area contributed by atoms with E-state index >= 15 is 0 Å². The molecule has 0 saturated carbocycles. The maximum atomic E-state index is 5.76. The molecule has 3 aromatic heterocycles. The number of rotatable bonds is 5. The third-order valence-corrected chi connectivity index (χ3v) is 5.55. The van der Waals surface area contributed by atoms with Gasteiger partial charge < -0.3 is 9.73 Å². The van der Waals surface area contributed by atoms with Gasteiger partial charge >= 0.3 is 0 Å². The van der Waals surface area contributed by atoms with Gasteiger partial charge in [0.1, 0.15) is 0 Å². The van der Waals surface area contributed by atoms with Crippen LogP contribution in [0.2, 0.25) is 0 Å². The molecule has 0 spiro atoms. The molecule has 0 aliphatic rings. The topological polar surface area (TPSA) is 76.7 Å². The zero-order valence-electron chi connectivity index (χ0n) is 13.2. The van der Waals surface area contributed by atoms with Crippen molar-refractivity contribution in [1.29, 1.82) is 0 Å². The predicted molar refractivity (Wildman–Crippen MR) is 95.2 cm³/mol. The minimum absolute atomic E-state index is 0.0200. The fraction of sp³-hybridized carbons (Fsp3) is 0.429. The molecule has 3 aromatic rings. The van der Waals surface area contributed by atoms with Crippen LogP contribution in [0, 0.1) is 0 Å². The molecule has 0 aromatic carbocycles.